The molecule has 0 bridgehead atoms. The Labute approximate surface area is 196 Å². The molecule has 0 amide bonds. The number of esters is 1. The Hall–Kier alpha value is -4.11. The van der Waals surface area contributed by atoms with E-state index in [1.54, 1.807) is 25.4 Å². The van der Waals surface area contributed by atoms with Crippen LogP contribution in [-0.4, -0.2) is 54.6 Å². The number of nitrogens with zero attached hydrogens (tertiary/aromatic N) is 2. The van der Waals surface area contributed by atoms with Gasteiger partial charge in [0.25, 0.3) is 0 Å². The number of aromatic amines is 1. The number of morpholine rings is 1. The van der Waals surface area contributed by atoms with Gasteiger partial charge in [-0.3, -0.25) is 4.79 Å². The number of pyridine rings is 1. The van der Waals surface area contributed by atoms with Crippen LogP contribution in [0.3, 0.4) is 0 Å². The molecule has 1 saturated heterocycles. The number of carbonyl (C=O) groups is 2. The molecule has 0 atom stereocenters. The zero-order valence-electron chi connectivity index (χ0n) is 18.7. The second-order valence-electron chi connectivity index (χ2n) is 7.78. The van der Waals surface area contributed by atoms with Crippen LogP contribution in [0.4, 0.5) is 11.4 Å². The van der Waals surface area contributed by atoms with Crippen LogP contribution in [-0.2, 0) is 23.8 Å². The monoisotopic (exact) mass is 460 g/mol. The average Bonchev–Trinajstić information content (AvgIpc) is 3.41. The van der Waals surface area contributed by atoms with Crippen LogP contribution in [0.2, 0.25) is 0 Å². The highest BCUT2D eigenvalue weighted by atomic mass is 16.5. The maximum Gasteiger partial charge on any atom is 0.347 e. The summed E-state index contributed by atoms with van der Waals surface area (Å²) in [7, 11) is 0. The van der Waals surface area contributed by atoms with Gasteiger partial charge in [-0.25, -0.2) is 9.78 Å². The van der Waals surface area contributed by atoms with E-state index in [0.29, 0.717) is 24.5 Å². The molecule has 2 N–H and O–H groups in total. The summed E-state index contributed by atoms with van der Waals surface area (Å²) in [6.07, 6.45) is 5.01. The molecule has 34 heavy (non-hydrogen) atoms. The van der Waals surface area contributed by atoms with E-state index in [0.717, 1.165) is 29.7 Å². The zero-order valence-corrected chi connectivity index (χ0v) is 18.7. The van der Waals surface area contributed by atoms with Gasteiger partial charge in [-0.15, -0.1) is 0 Å². The fraction of sp³-hybridized carbons (Fsp3) is 0.240. The summed E-state index contributed by atoms with van der Waals surface area (Å²) < 4.78 is 16.4. The van der Waals surface area contributed by atoms with Crippen LogP contribution in [0.25, 0.3) is 17.1 Å². The fourth-order valence-corrected chi connectivity index (χ4v) is 3.95. The first-order chi connectivity index (χ1) is 16.6. The van der Waals surface area contributed by atoms with Gasteiger partial charge in [-0.1, -0.05) is 0 Å². The number of hydrogen-bond donors (Lipinski definition) is 2. The molecule has 5 rings (SSSR count). The van der Waals surface area contributed by atoms with Gasteiger partial charge in [0.15, 0.2) is 11.3 Å². The van der Waals surface area contributed by atoms with Gasteiger partial charge >= 0.3 is 5.97 Å². The maximum absolute atomic E-state index is 13.1. The van der Waals surface area contributed by atoms with Crippen molar-refractivity contribution in [2.75, 3.05) is 43.1 Å². The number of fused-ring (bicyclic) bond motifs is 1. The molecule has 2 aromatic heterocycles. The van der Waals surface area contributed by atoms with Crippen molar-refractivity contribution in [1.82, 2.24) is 9.97 Å². The molecule has 0 radical (unpaired) electrons. The average molecular weight is 460 g/mol. The van der Waals surface area contributed by atoms with E-state index in [4.69, 9.17) is 14.2 Å². The first-order valence-corrected chi connectivity index (χ1v) is 11.1. The third kappa shape index (κ3) is 4.25. The third-order valence-corrected chi connectivity index (χ3v) is 5.64. The van der Waals surface area contributed by atoms with Gasteiger partial charge in [0.1, 0.15) is 5.65 Å². The van der Waals surface area contributed by atoms with Crippen molar-refractivity contribution in [1.29, 1.82) is 0 Å². The number of H-pyrrole nitrogens is 1. The van der Waals surface area contributed by atoms with Crippen molar-refractivity contribution in [3.05, 3.63) is 71.6 Å². The normalized spacial score (nSPS) is 17.4. The van der Waals surface area contributed by atoms with Crippen LogP contribution in [0.15, 0.2) is 66.0 Å². The fourth-order valence-electron chi connectivity index (χ4n) is 3.95. The number of hydrogen-bond acceptors (Lipinski definition) is 8. The van der Waals surface area contributed by atoms with Crippen molar-refractivity contribution < 1.29 is 23.8 Å². The number of Topliss-reactive ketones (excluding diaryl/α,β-unsaturated/α-hetero) is 1. The number of ether oxygens (including phenoxy) is 3. The molecule has 2 aliphatic rings. The Kier molecular flexibility index (Phi) is 6.01. The number of nitrogens with one attached hydrogen (secondary N) is 2. The van der Waals surface area contributed by atoms with Crippen LogP contribution in [0.5, 0.6) is 0 Å². The Morgan fingerprint density at radius 2 is 2.03 bits per heavy atom. The van der Waals surface area contributed by atoms with Crippen LogP contribution in [0.1, 0.15) is 12.5 Å². The Bertz CT molecular complexity index is 1290. The largest absolute Gasteiger partial charge is 0.462 e. The predicted molar refractivity (Wildman–Crippen MR) is 127 cm³/mol. The lowest BCUT2D eigenvalue weighted by Gasteiger charge is -2.28. The summed E-state index contributed by atoms with van der Waals surface area (Å²) in [6.45, 7) is 4.90. The SMILES string of the molecule is CCOC(=O)C1=C(Nc2ccc(N3CCOCC3)cc2)OC(=Cc2c[nH]c3ncccc23)C1=O. The molecule has 0 unspecified atom stereocenters. The lowest BCUT2D eigenvalue weighted by atomic mass is 10.1. The first kappa shape index (κ1) is 21.7. The van der Waals surface area contributed by atoms with Crippen LogP contribution in [0, 0.1) is 0 Å². The Morgan fingerprint density at radius 3 is 2.79 bits per heavy atom. The molecule has 9 heteroatoms. The van der Waals surface area contributed by atoms with Gasteiger partial charge in [-0.05, 0) is 49.4 Å². The number of allylic oxidation sites excluding steroid dienone is 1. The van der Waals surface area contributed by atoms with E-state index >= 15 is 0 Å². The van der Waals surface area contributed by atoms with Crippen LogP contribution < -0.4 is 10.2 Å². The Balaban J connectivity index is 1.41. The predicted octanol–water partition coefficient (Wildman–Crippen LogP) is 3.23. The highest BCUT2D eigenvalue weighted by Gasteiger charge is 2.37. The molecule has 0 aliphatic carbocycles. The highest BCUT2D eigenvalue weighted by Crippen LogP contribution is 2.30. The van der Waals surface area contributed by atoms with Gasteiger partial charge in [-0.2, -0.15) is 0 Å². The van der Waals surface area contributed by atoms with E-state index in [1.165, 1.54) is 0 Å². The molecule has 0 spiro atoms. The second-order valence-corrected chi connectivity index (χ2v) is 7.78. The number of benzene rings is 1. The summed E-state index contributed by atoms with van der Waals surface area (Å²) in [5.41, 5.74) is 3.01. The van der Waals surface area contributed by atoms with Crippen molar-refractivity contribution in [2.45, 2.75) is 6.92 Å². The maximum atomic E-state index is 13.1. The molecular weight excluding hydrogens is 436 g/mol. The molecule has 4 heterocycles. The summed E-state index contributed by atoms with van der Waals surface area (Å²) in [5, 5.41) is 3.91. The number of carbonyl (C=O) groups excluding carboxylic acids is 2. The number of rotatable bonds is 6. The number of ketones is 1. The minimum Gasteiger partial charge on any atom is -0.462 e. The summed E-state index contributed by atoms with van der Waals surface area (Å²) in [4.78, 5) is 35.3. The highest BCUT2D eigenvalue weighted by molar-refractivity contribution is 6.26. The standard InChI is InChI=1S/C25H24N4O5/c1-2-33-25(31)21-22(30)20(14-16-15-27-23-19(16)4-3-9-26-23)34-24(21)28-17-5-7-18(8-6-17)29-10-12-32-13-11-29/h3-9,14-15,28H,2,10-13H2,1H3,(H,26,27). The molecule has 174 valence electrons. The molecule has 9 nitrogen and oxygen atoms in total. The third-order valence-electron chi connectivity index (χ3n) is 5.64. The van der Waals surface area contributed by atoms with E-state index in [-0.39, 0.29) is 23.8 Å². The quantitative estimate of drug-likeness (QED) is 0.328. The van der Waals surface area contributed by atoms with E-state index in [1.807, 2.05) is 36.4 Å². The Morgan fingerprint density at radius 1 is 1.24 bits per heavy atom. The van der Waals surface area contributed by atoms with Crippen LogP contribution >= 0.6 is 0 Å². The van der Waals surface area contributed by atoms with Crippen molar-refractivity contribution >= 4 is 40.2 Å². The van der Waals surface area contributed by atoms with E-state index in [9.17, 15) is 9.59 Å². The number of aromatic nitrogens is 2. The zero-order chi connectivity index (χ0) is 23.5. The minimum absolute atomic E-state index is 0.0280. The lowest BCUT2D eigenvalue weighted by Crippen LogP contribution is -2.36. The van der Waals surface area contributed by atoms with Crippen molar-refractivity contribution in [3.8, 4) is 0 Å². The van der Waals surface area contributed by atoms with Gasteiger partial charge in [0.05, 0.1) is 19.8 Å². The smallest absolute Gasteiger partial charge is 0.347 e. The van der Waals surface area contributed by atoms with Gasteiger partial charge < -0.3 is 29.4 Å². The summed E-state index contributed by atoms with van der Waals surface area (Å²) in [6, 6.07) is 11.4. The minimum atomic E-state index is -0.732. The lowest BCUT2D eigenvalue weighted by molar-refractivity contribution is -0.139. The molecule has 2 aliphatic heterocycles. The van der Waals surface area contributed by atoms with Crippen molar-refractivity contribution in [3.63, 3.8) is 0 Å². The van der Waals surface area contributed by atoms with Gasteiger partial charge in [0.2, 0.25) is 11.7 Å². The van der Waals surface area contributed by atoms with E-state index in [2.05, 4.69) is 20.2 Å². The topological polar surface area (TPSA) is 106 Å². The molecular formula is C25H24N4O5. The second kappa shape index (κ2) is 9.40. The van der Waals surface area contributed by atoms with E-state index < -0.39 is 11.8 Å². The summed E-state index contributed by atoms with van der Waals surface area (Å²) >= 11 is 0. The van der Waals surface area contributed by atoms with Gasteiger partial charge in [0, 0.05) is 47.8 Å². The molecule has 1 aromatic carbocycles. The first-order valence-electron chi connectivity index (χ1n) is 11.1. The number of anilines is 2. The van der Waals surface area contributed by atoms with Crippen molar-refractivity contribution in [2.24, 2.45) is 0 Å². The molecule has 0 saturated carbocycles. The summed E-state index contributed by atoms with van der Waals surface area (Å²) in [5.74, 6) is -1.19. The molecule has 1 fully saturated rings. The molecule has 3 aromatic rings.